The average Bonchev–Trinajstić information content (AvgIpc) is 3.19. The van der Waals surface area contributed by atoms with Gasteiger partial charge in [-0.25, -0.2) is 0 Å². The fraction of sp³-hybridized carbons (Fsp3) is 0.524. The van der Waals surface area contributed by atoms with Crippen LogP contribution in [0.5, 0.6) is 0 Å². The Morgan fingerprint density at radius 1 is 1.22 bits per heavy atom. The molecule has 1 aromatic carbocycles. The molecule has 4 rings (SSSR count). The van der Waals surface area contributed by atoms with Crippen molar-refractivity contribution in [1.29, 1.82) is 0 Å². The first-order valence-electron chi connectivity index (χ1n) is 10.1. The third-order valence-corrected chi connectivity index (χ3v) is 5.64. The zero-order chi connectivity index (χ0) is 18.6. The minimum absolute atomic E-state index is 0.0616. The summed E-state index contributed by atoms with van der Waals surface area (Å²) in [4.78, 5) is 14.8. The number of rotatable bonds is 4. The molecule has 1 aromatic heterocycles. The molecule has 6 nitrogen and oxygen atoms in total. The summed E-state index contributed by atoms with van der Waals surface area (Å²) in [5.41, 5.74) is 3.00. The molecule has 0 bridgehead atoms. The van der Waals surface area contributed by atoms with Crippen molar-refractivity contribution < 1.29 is 4.79 Å². The first-order chi connectivity index (χ1) is 13.2. The lowest BCUT2D eigenvalue weighted by atomic mass is 10.0. The number of nitrogens with one attached hydrogen (secondary N) is 2. The van der Waals surface area contributed by atoms with E-state index in [2.05, 4.69) is 46.9 Å². The van der Waals surface area contributed by atoms with Crippen molar-refractivity contribution in [1.82, 2.24) is 20.0 Å². The summed E-state index contributed by atoms with van der Waals surface area (Å²) in [6.07, 6.45) is 6.17. The van der Waals surface area contributed by atoms with Gasteiger partial charge in [-0.15, -0.1) is 0 Å². The number of anilines is 1. The molecule has 0 saturated carbocycles. The van der Waals surface area contributed by atoms with Crippen LogP contribution in [0, 0.1) is 6.92 Å². The maximum atomic E-state index is 12.8. The number of likely N-dealkylation sites (tertiary alicyclic amines) is 1. The molecule has 1 atom stereocenters. The molecular weight excluding hydrogens is 338 g/mol. The summed E-state index contributed by atoms with van der Waals surface area (Å²) in [6.45, 7) is 5.68. The number of benzene rings is 1. The van der Waals surface area contributed by atoms with E-state index < -0.39 is 0 Å². The molecule has 2 aromatic rings. The van der Waals surface area contributed by atoms with E-state index in [9.17, 15) is 4.79 Å². The number of piperidine rings is 2. The van der Waals surface area contributed by atoms with E-state index in [1.807, 2.05) is 21.8 Å². The topological polar surface area (TPSA) is 62.2 Å². The van der Waals surface area contributed by atoms with Crippen LogP contribution >= 0.6 is 0 Å². The Morgan fingerprint density at radius 3 is 2.81 bits per heavy atom. The Bertz CT molecular complexity index is 772. The van der Waals surface area contributed by atoms with Crippen LogP contribution in [0.2, 0.25) is 0 Å². The molecular formula is C21H29N5O. The van der Waals surface area contributed by atoms with E-state index in [0.717, 1.165) is 51.9 Å². The van der Waals surface area contributed by atoms with Crippen molar-refractivity contribution in [2.45, 2.75) is 44.7 Å². The van der Waals surface area contributed by atoms with Gasteiger partial charge in [0, 0.05) is 37.6 Å². The minimum atomic E-state index is 0.0616. The fourth-order valence-corrected chi connectivity index (χ4v) is 4.07. The van der Waals surface area contributed by atoms with Gasteiger partial charge in [0.15, 0.2) is 0 Å². The lowest BCUT2D eigenvalue weighted by Crippen LogP contribution is -2.42. The van der Waals surface area contributed by atoms with Crippen molar-refractivity contribution >= 4 is 11.6 Å². The Hall–Kier alpha value is -2.34. The monoisotopic (exact) mass is 367 g/mol. The number of aromatic nitrogens is 2. The highest BCUT2D eigenvalue weighted by atomic mass is 16.2. The molecule has 144 valence electrons. The van der Waals surface area contributed by atoms with E-state index in [1.165, 1.54) is 11.3 Å². The van der Waals surface area contributed by atoms with Crippen molar-refractivity contribution in [3.8, 4) is 0 Å². The molecule has 2 aliphatic rings. The van der Waals surface area contributed by atoms with Crippen molar-refractivity contribution in [2.75, 3.05) is 31.5 Å². The van der Waals surface area contributed by atoms with E-state index in [1.54, 1.807) is 0 Å². The summed E-state index contributed by atoms with van der Waals surface area (Å²) >= 11 is 0. The largest absolute Gasteiger partial charge is 0.382 e. The second-order valence-corrected chi connectivity index (χ2v) is 7.76. The molecule has 1 amide bonds. The summed E-state index contributed by atoms with van der Waals surface area (Å²) in [7, 11) is 0. The number of nitrogens with zero attached hydrogens (tertiary/aromatic N) is 3. The highest BCUT2D eigenvalue weighted by Crippen LogP contribution is 2.20. The van der Waals surface area contributed by atoms with Gasteiger partial charge in [0.25, 0.3) is 5.91 Å². The Kier molecular flexibility index (Phi) is 5.43. The van der Waals surface area contributed by atoms with Crippen LogP contribution in [0.1, 0.15) is 47.8 Å². The van der Waals surface area contributed by atoms with Crippen molar-refractivity contribution in [3.05, 3.63) is 47.8 Å². The van der Waals surface area contributed by atoms with Crippen LogP contribution in [-0.2, 0) is 0 Å². The summed E-state index contributed by atoms with van der Waals surface area (Å²) in [6, 6.07) is 11.1. The van der Waals surface area contributed by atoms with Gasteiger partial charge in [0.2, 0.25) is 0 Å². The van der Waals surface area contributed by atoms with Gasteiger partial charge in [-0.3, -0.25) is 9.48 Å². The molecule has 2 fully saturated rings. The average molecular weight is 367 g/mol. The molecule has 2 saturated heterocycles. The van der Waals surface area contributed by atoms with Crippen LogP contribution in [-0.4, -0.2) is 52.8 Å². The van der Waals surface area contributed by atoms with Gasteiger partial charge in [-0.2, -0.15) is 5.10 Å². The lowest BCUT2D eigenvalue weighted by Gasteiger charge is -2.32. The smallest absolute Gasteiger partial charge is 0.274 e. The molecule has 0 spiro atoms. The second-order valence-electron chi connectivity index (χ2n) is 7.76. The third kappa shape index (κ3) is 4.33. The highest BCUT2D eigenvalue weighted by Gasteiger charge is 2.26. The summed E-state index contributed by atoms with van der Waals surface area (Å²) < 4.78 is 1.96. The third-order valence-electron chi connectivity index (χ3n) is 5.64. The predicted molar refractivity (Wildman–Crippen MR) is 107 cm³/mol. The molecule has 0 radical (unpaired) electrons. The van der Waals surface area contributed by atoms with Gasteiger partial charge in [0.1, 0.15) is 5.69 Å². The first-order valence-corrected chi connectivity index (χ1v) is 10.1. The first kappa shape index (κ1) is 18.0. The lowest BCUT2D eigenvalue weighted by molar-refractivity contribution is 0.0711. The number of aryl methyl sites for hydroxylation is 1. The van der Waals surface area contributed by atoms with Gasteiger partial charge in [0.05, 0.1) is 6.04 Å². The Morgan fingerprint density at radius 2 is 2.07 bits per heavy atom. The molecule has 27 heavy (non-hydrogen) atoms. The van der Waals surface area contributed by atoms with E-state index in [4.69, 9.17) is 0 Å². The van der Waals surface area contributed by atoms with E-state index >= 15 is 0 Å². The molecule has 6 heteroatoms. The van der Waals surface area contributed by atoms with Crippen molar-refractivity contribution in [3.63, 3.8) is 0 Å². The number of hydrogen-bond acceptors (Lipinski definition) is 4. The van der Waals surface area contributed by atoms with Crippen LogP contribution < -0.4 is 10.6 Å². The summed E-state index contributed by atoms with van der Waals surface area (Å²) in [5.74, 6) is 0.0616. The highest BCUT2D eigenvalue weighted by molar-refractivity contribution is 5.92. The van der Waals surface area contributed by atoms with Gasteiger partial charge >= 0.3 is 0 Å². The quantitative estimate of drug-likeness (QED) is 0.872. The number of carbonyl (C=O) groups is 1. The van der Waals surface area contributed by atoms with Gasteiger partial charge < -0.3 is 15.5 Å². The van der Waals surface area contributed by atoms with Gasteiger partial charge in [-0.1, -0.05) is 12.1 Å². The normalized spacial score (nSPS) is 21.2. The minimum Gasteiger partial charge on any atom is -0.382 e. The van der Waals surface area contributed by atoms with Crippen molar-refractivity contribution in [2.24, 2.45) is 0 Å². The van der Waals surface area contributed by atoms with Crippen LogP contribution in [0.15, 0.2) is 36.5 Å². The number of hydrogen-bond donors (Lipinski definition) is 2. The Labute approximate surface area is 160 Å². The fourth-order valence-electron chi connectivity index (χ4n) is 4.07. The molecule has 2 aliphatic heterocycles. The predicted octanol–water partition coefficient (Wildman–Crippen LogP) is 2.83. The maximum Gasteiger partial charge on any atom is 0.274 e. The van der Waals surface area contributed by atoms with E-state index in [0.29, 0.717) is 17.8 Å². The molecule has 0 aliphatic carbocycles. The van der Waals surface area contributed by atoms with Crippen LogP contribution in [0.3, 0.4) is 0 Å². The zero-order valence-electron chi connectivity index (χ0n) is 16.0. The van der Waals surface area contributed by atoms with Crippen LogP contribution in [0.25, 0.3) is 0 Å². The number of carbonyl (C=O) groups excluding carboxylic acids is 1. The van der Waals surface area contributed by atoms with Crippen LogP contribution in [0.4, 0.5) is 5.69 Å². The standard InChI is InChI=1S/C21H29N5O/c1-16-4-2-5-18(14-16)23-17-7-11-25(12-8-17)21(27)20-9-13-26(24-20)19-6-3-10-22-15-19/h2,4-5,9,13-14,17,19,22-23H,3,6-8,10-12,15H2,1H3. The number of amides is 1. The molecule has 3 heterocycles. The van der Waals surface area contributed by atoms with E-state index in [-0.39, 0.29) is 5.91 Å². The zero-order valence-corrected chi connectivity index (χ0v) is 16.0. The van der Waals surface area contributed by atoms with Gasteiger partial charge in [-0.05, 0) is 62.9 Å². The SMILES string of the molecule is Cc1cccc(NC2CCN(C(=O)c3ccn(C4CCCNC4)n3)CC2)c1. The second kappa shape index (κ2) is 8.13. The Balaban J connectivity index is 1.31. The maximum absolute atomic E-state index is 12.8. The molecule has 1 unspecified atom stereocenters. The molecule has 2 N–H and O–H groups in total. The summed E-state index contributed by atoms with van der Waals surface area (Å²) in [5, 5.41) is 11.6.